The summed E-state index contributed by atoms with van der Waals surface area (Å²) < 4.78 is 0. The van der Waals surface area contributed by atoms with Gasteiger partial charge in [-0.2, -0.15) is 0 Å². The summed E-state index contributed by atoms with van der Waals surface area (Å²) in [6, 6.07) is 81.6. The number of Topliss-reactive ketones (excluding diaryl/α,β-unsaturated/α-hetero) is 3. The van der Waals surface area contributed by atoms with Gasteiger partial charge in [-0.25, -0.2) is 29.9 Å². The first kappa shape index (κ1) is 63.4. The Balaban J connectivity index is 0.000000131. The molecule has 0 spiro atoms. The highest BCUT2D eigenvalue weighted by atomic mass is 16.1. The van der Waals surface area contributed by atoms with E-state index in [0.29, 0.717) is 49.9 Å². The topological polar surface area (TPSA) is 186 Å². The molecule has 0 bridgehead atoms. The minimum atomic E-state index is 0.168. The number of pyridine rings is 2. The molecule has 13 nitrogen and oxygen atoms in total. The van der Waals surface area contributed by atoms with Crippen molar-refractivity contribution in [3.05, 3.63) is 324 Å². The minimum Gasteiger partial charge on any atom is -0.360 e. The standard InChI is InChI=1S/C30H24N2O.C28H22N4O.C26H22N4O/c1-21-12-14-22(15-13-21)18-26(33)19-23-16-17-27-28(20-23)32-30(25-10-6-3-7-11-25)29(31-27)24-8-4-2-5-9-24;1-19-8-10-20(11-9-19)16-22(33)17-21-12-13-23-26(18-21)32-28(25-7-3-5-15-30-25)27(31-23)24-6-2-4-14-29-24;1-17-6-8-18(9-7-17)14-20(31)15-19-10-11-21-24(16-19)30-26(23-5-3-13-28-23)25(29-21)22-4-2-12-27-22/h2-17,20H,18-19H2,1H3;2-15,18H,16-17H2,1H3;2-13,16,27-28H,14-15H2,1H3. The lowest BCUT2D eigenvalue weighted by Crippen LogP contribution is -2.07. The number of rotatable bonds is 18. The quantitative estimate of drug-likeness (QED) is 0.0833. The second-order valence-electron chi connectivity index (χ2n) is 24.2. The molecule has 0 fully saturated rings. The minimum absolute atomic E-state index is 0.168. The first-order valence-electron chi connectivity index (χ1n) is 32.3. The summed E-state index contributed by atoms with van der Waals surface area (Å²) in [6.45, 7) is 6.14. The van der Waals surface area contributed by atoms with Crippen molar-refractivity contribution in [2.75, 3.05) is 0 Å². The van der Waals surface area contributed by atoms with E-state index < -0.39 is 0 Å². The highest BCUT2D eigenvalue weighted by Crippen LogP contribution is 2.34. The Morgan fingerprint density at radius 2 is 0.577 bits per heavy atom. The van der Waals surface area contributed by atoms with E-state index in [2.05, 4.69) is 51.1 Å². The second kappa shape index (κ2) is 29.7. The summed E-state index contributed by atoms with van der Waals surface area (Å²) in [5.74, 6) is 0.542. The lowest BCUT2D eigenvalue weighted by atomic mass is 10.0. The number of ketones is 3. The number of fused-ring (bicyclic) bond motifs is 3. The summed E-state index contributed by atoms with van der Waals surface area (Å²) in [5, 5.41) is 0. The number of benzene rings is 8. The van der Waals surface area contributed by atoms with Crippen molar-refractivity contribution in [2.45, 2.75) is 59.3 Å². The van der Waals surface area contributed by atoms with Crippen molar-refractivity contribution >= 4 is 50.4 Å². The van der Waals surface area contributed by atoms with Crippen LogP contribution >= 0.6 is 0 Å². The van der Waals surface area contributed by atoms with Crippen LogP contribution < -0.4 is 0 Å². The van der Waals surface area contributed by atoms with Gasteiger partial charge in [0.25, 0.3) is 0 Å². The fourth-order valence-electron chi connectivity index (χ4n) is 11.6. The van der Waals surface area contributed by atoms with Gasteiger partial charge in [0, 0.05) is 74.4 Å². The molecule has 0 aliphatic carbocycles. The van der Waals surface area contributed by atoms with Crippen molar-refractivity contribution in [3.8, 4) is 68.1 Å². The summed E-state index contributed by atoms with van der Waals surface area (Å²) in [4.78, 5) is 82.9. The molecule has 0 radical (unpaired) electrons. The van der Waals surface area contributed by atoms with Gasteiger partial charge in [-0.05, 0) is 139 Å². The van der Waals surface area contributed by atoms with Gasteiger partial charge < -0.3 is 9.97 Å². The van der Waals surface area contributed by atoms with Gasteiger partial charge in [-0.1, -0.05) is 180 Å². The van der Waals surface area contributed by atoms with E-state index in [0.717, 1.165) is 123 Å². The van der Waals surface area contributed by atoms with Crippen LogP contribution in [0.25, 0.3) is 101 Å². The van der Waals surface area contributed by atoms with Gasteiger partial charge in [-0.15, -0.1) is 0 Å². The van der Waals surface area contributed by atoms with Crippen molar-refractivity contribution in [2.24, 2.45) is 0 Å². The summed E-state index contributed by atoms with van der Waals surface area (Å²) >= 11 is 0. The zero-order chi connectivity index (χ0) is 66.5. The molecule has 0 aliphatic rings. The van der Waals surface area contributed by atoms with Gasteiger partial charge >= 0.3 is 0 Å². The monoisotopic (exact) mass is 1260 g/mol. The number of carbonyl (C=O) groups excluding carboxylic acids is 3. The molecule has 0 atom stereocenters. The fraction of sp³-hybridized carbons (Fsp3) is 0.107. The molecule has 7 aromatic heterocycles. The second-order valence-corrected chi connectivity index (χ2v) is 24.2. The molecule has 97 heavy (non-hydrogen) atoms. The molecular weight excluding hydrogens is 1200 g/mol. The van der Waals surface area contributed by atoms with Gasteiger partial charge in [0.2, 0.25) is 0 Å². The number of aromatic nitrogens is 10. The Labute approximate surface area is 562 Å². The molecule has 0 saturated heterocycles. The molecule has 0 amide bonds. The Morgan fingerprint density at radius 3 is 0.918 bits per heavy atom. The zero-order valence-corrected chi connectivity index (χ0v) is 54.0. The number of nitrogens with zero attached hydrogens (tertiary/aromatic N) is 8. The molecule has 0 unspecified atom stereocenters. The van der Waals surface area contributed by atoms with Gasteiger partial charge in [-0.3, -0.25) is 24.4 Å². The van der Waals surface area contributed by atoms with Crippen molar-refractivity contribution in [1.29, 1.82) is 0 Å². The van der Waals surface area contributed by atoms with Crippen LogP contribution in [-0.2, 0) is 52.9 Å². The number of hydrogen-bond acceptors (Lipinski definition) is 11. The molecule has 0 aliphatic heterocycles. The first-order valence-corrected chi connectivity index (χ1v) is 32.3. The smallest absolute Gasteiger partial charge is 0.141 e. The van der Waals surface area contributed by atoms with Crippen LogP contribution in [0.3, 0.4) is 0 Å². The third-order valence-electron chi connectivity index (χ3n) is 16.6. The van der Waals surface area contributed by atoms with E-state index in [4.69, 9.17) is 29.9 Å². The van der Waals surface area contributed by atoms with Gasteiger partial charge in [0.1, 0.15) is 40.1 Å². The number of H-pyrrole nitrogens is 2. The molecule has 15 aromatic rings. The number of nitrogens with one attached hydrogen (secondary N) is 2. The van der Waals surface area contributed by atoms with Crippen LogP contribution in [0.1, 0.15) is 50.1 Å². The summed E-state index contributed by atoms with van der Waals surface area (Å²) in [7, 11) is 0. The SMILES string of the molecule is Cc1ccc(CC(=O)Cc2ccc3nc(-c4ccc[nH]4)c(-c4ccc[nH]4)nc3c2)cc1.Cc1ccc(CC(=O)Cc2ccc3nc(-c4ccccc4)c(-c4ccccc4)nc3c2)cc1.Cc1ccc(CC(=O)Cc2ccc3nc(-c4ccccn4)c(-c4ccccn4)nc3c2)cc1. The lowest BCUT2D eigenvalue weighted by molar-refractivity contribution is -0.118. The van der Waals surface area contributed by atoms with Gasteiger partial charge in [0.15, 0.2) is 0 Å². The Hall–Kier alpha value is -12.4. The Bertz CT molecular complexity index is 4980. The van der Waals surface area contributed by atoms with E-state index in [1.165, 1.54) is 16.7 Å². The predicted molar refractivity (Wildman–Crippen MR) is 386 cm³/mol. The van der Waals surface area contributed by atoms with Crippen molar-refractivity contribution in [1.82, 2.24) is 49.8 Å². The maximum absolute atomic E-state index is 12.7. The maximum atomic E-state index is 12.7. The highest BCUT2D eigenvalue weighted by Gasteiger charge is 2.20. The molecule has 7 heterocycles. The zero-order valence-electron chi connectivity index (χ0n) is 54.0. The highest BCUT2D eigenvalue weighted by molar-refractivity contribution is 5.91. The predicted octanol–water partition coefficient (Wildman–Crippen LogP) is 17.3. The van der Waals surface area contributed by atoms with Crippen LogP contribution in [0.15, 0.2) is 274 Å². The molecule has 15 rings (SSSR count). The number of aryl methyl sites for hydroxylation is 3. The maximum Gasteiger partial charge on any atom is 0.141 e. The number of hydrogen-bond donors (Lipinski definition) is 2. The first-order chi connectivity index (χ1) is 47.5. The molecule has 0 saturated carbocycles. The lowest BCUT2D eigenvalue weighted by Gasteiger charge is -2.11. The van der Waals surface area contributed by atoms with E-state index in [1.807, 2.05) is 251 Å². The average Bonchev–Trinajstić information content (AvgIpc) is 1.01. The number of aromatic amines is 2. The Kier molecular flexibility index (Phi) is 19.4. The summed E-state index contributed by atoms with van der Waals surface area (Å²) in [5.41, 5.74) is 24.2. The molecule has 472 valence electrons. The van der Waals surface area contributed by atoms with E-state index in [-0.39, 0.29) is 17.3 Å². The van der Waals surface area contributed by atoms with Gasteiger partial charge in [0.05, 0.1) is 67.3 Å². The van der Waals surface area contributed by atoms with Crippen LogP contribution in [0.5, 0.6) is 0 Å². The van der Waals surface area contributed by atoms with E-state index in [1.54, 1.807) is 12.4 Å². The van der Waals surface area contributed by atoms with Crippen LogP contribution in [0, 0.1) is 20.8 Å². The molecule has 8 aromatic carbocycles. The Morgan fingerprint density at radius 1 is 0.278 bits per heavy atom. The summed E-state index contributed by atoms with van der Waals surface area (Å²) in [6.07, 6.45) is 9.64. The van der Waals surface area contributed by atoms with Crippen LogP contribution in [0.4, 0.5) is 0 Å². The van der Waals surface area contributed by atoms with Crippen LogP contribution in [-0.4, -0.2) is 67.2 Å². The average molecular weight is 1270 g/mol. The third kappa shape index (κ3) is 16.0. The molecule has 13 heteroatoms. The normalized spacial score (nSPS) is 11.0. The van der Waals surface area contributed by atoms with E-state index in [9.17, 15) is 14.4 Å². The van der Waals surface area contributed by atoms with E-state index >= 15 is 0 Å². The number of carbonyl (C=O) groups is 3. The third-order valence-corrected chi connectivity index (χ3v) is 16.6. The largest absolute Gasteiger partial charge is 0.360 e. The van der Waals surface area contributed by atoms with Crippen molar-refractivity contribution < 1.29 is 14.4 Å². The molecule has 2 N–H and O–H groups in total. The van der Waals surface area contributed by atoms with Crippen LogP contribution in [0.2, 0.25) is 0 Å². The molecular formula is C84H68N10O3. The van der Waals surface area contributed by atoms with Crippen molar-refractivity contribution in [3.63, 3.8) is 0 Å². The fourth-order valence-corrected chi connectivity index (χ4v) is 11.6.